The summed E-state index contributed by atoms with van der Waals surface area (Å²) < 4.78 is 17.1. The van der Waals surface area contributed by atoms with Gasteiger partial charge in [0.15, 0.2) is 0 Å². The van der Waals surface area contributed by atoms with Crippen LogP contribution in [0.3, 0.4) is 0 Å². The highest BCUT2D eigenvalue weighted by Gasteiger charge is 2.03. The second kappa shape index (κ2) is 8.27. The Kier molecular flexibility index (Phi) is 6.36. The van der Waals surface area contributed by atoms with Crippen LogP contribution < -0.4 is 9.47 Å². The molecule has 0 atom stereocenters. The smallest absolute Gasteiger partial charge is 0.120 e. The molecule has 0 unspecified atom stereocenters. The molecule has 0 amide bonds. The normalized spacial score (nSPS) is 10.4. The van der Waals surface area contributed by atoms with E-state index in [0.29, 0.717) is 24.8 Å². The van der Waals surface area contributed by atoms with Crippen LogP contribution in [0.4, 0.5) is 0 Å². The summed E-state index contributed by atoms with van der Waals surface area (Å²) in [6.07, 6.45) is 0. The van der Waals surface area contributed by atoms with Gasteiger partial charge in [-0.25, -0.2) is 0 Å². The van der Waals surface area contributed by atoms with Crippen molar-refractivity contribution in [2.24, 2.45) is 0 Å². The fourth-order valence-corrected chi connectivity index (χ4v) is 2.25. The van der Waals surface area contributed by atoms with E-state index in [2.05, 4.69) is 15.9 Å². The molecule has 0 fully saturated rings. The molecule has 0 bridgehead atoms. The van der Waals surface area contributed by atoms with Crippen LogP contribution in [0.15, 0.2) is 46.9 Å². The Hall–Kier alpha value is -1.23. The van der Waals surface area contributed by atoms with Gasteiger partial charge >= 0.3 is 0 Å². The molecule has 2 aromatic carbocycles. The standard InChI is InChI=1S/C16H16BrClO3/c1-19-8-9-20-14-3-5-15(6-4-14)21-11-12-10-13(18)2-7-16(12)17/h2-7,10H,8-9,11H2,1H3. The van der Waals surface area contributed by atoms with E-state index in [1.165, 1.54) is 0 Å². The molecule has 5 heteroatoms. The van der Waals surface area contributed by atoms with Crippen LogP contribution in [0.25, 0.3) is 0 Å². The first-order valence-electron chi connectivity index (χ1n) is 6.47. The highest BCUT2D eigenvalue weighted by Crippen LogP contribution is 2.24. The molecule has 2 rings (SSSR count). The van der Waals surface area contributed by atoms with Gasteiger partial charge in [0.25, 0.3) is 0 Å². The minimum atomic E-state index is 0.449. The van der Waals surface area contributed by atoms with Crippen molar-refractivity contribution < 1.29 is 14.2 Å². The molecule has 0 aliphatic carbocycles. The maximum Gasteiger partial charge on any atom is 0.120 e. The molecule has 0 spiro atoms. The third-order valence-corrected chi connectivity index (χ3v) is 3.79. The van der Waals surface area contributed by atoms with E-state index in [0.717, 1.165) is 21.5 Å². The van der Waals surface area contributed by atoms with E-state index >= 15 is 0 Å². The molecule has 3 nitrogen and oxygen atoms in total. The fraction of sp³-hybridized carbons (Fsp3) is 0.250. The molecule has 0 aromatic heterocycles. The number of benzene rings is 2. The van der Waals surface area contributed by atoms with Crippen molar-refractivity contribution in [1.82, 2.24) is 0 Å². The quantitative estimate of drug-likeness (QED) is 0.660. The zero-order chi connectivity index (χ0) is 15.1. The largest absolute Gasteiger partial charge is 0.491 e. The van der Waals surface area contributed by atoms with Crippen molar-refractivity contribution in [3.05, 3.63) is 57.5 Å². The number of hydrogen-bond donors (Lipinski definition) is 0. The molecule has 0 radical (unpaired) electrons. The summed E-state index contributed by atoms with van der Waals surface area (Å²) in [5, 5.41) is 0.693. The second-order valence-corrected chi connectivity index (χ2v) is 5.63. The number of halogens is 2. The van der Waals surface area contributed by atoms with Gasteiger partial charge in [-0.1, -0.05) is 27.5 Å². The van der Waals surface area contributed by atoms with Gasteiger partial charge in [-0.3, -0.25) is 0 Å². The minimum Gasteiger partial charge on any atom is -0.491 e. The van der Waals surface area contributed by atoms with E-state index < -0.39 is 0 Å². The van der Waals surface area contributed by atoms with E-state index in [-0.39, 0.29) is 0 Å². The molecule has 0 saturated carbocycles. The lowest BCUT2D eigenvalue weighted by Gasteiger charge is -2.10. The third kappa shape index (κ3) is 5.23. The SMILES string of the molecule is COCCOc1ccc(OCc2cc(Cl)ccc2Br)cc1. The first-order valence-corrected chi connectivity index (χ1v) is 7.64. The van der Waals surface area contributed by atoms with Gasteiger partial charge in [0.05, 0.1) is 6.61 Å². The maximum absolute atomic E-state index is 5.98. The van der Waals surface area contributed by atoms with Gasteiger partial charge in [0.2, 0.25) is 0 Å². The molecular weight excluding hydrogens is 356 g/mol. The Bertz CT molecular complexity index is 572. The van der Waals surface area contributed by atoms with E-state index in [1.807, 2.05) is 42.5 Å². The summed E-state index contributed by atoms with van der Waals surface area (Å²) in [6, 6.07) is 13.1. The van der Waals surface area contributed by atoms with Crippen molar-refractivity contribution >= 4 is 27.5 Å². The Morgan fingerprint density at radius 3 is 2.29 bits per heavy atom. The molecule has 0 saturated heterocycles. The molecule has 0 N–H and O–H groups in total. The number of ether oxygens (including phenoxy) is 3. The average molecular weight is 372 g/mol. The van der Waals surface area contributed by atoms with Crippen LogP contribution >= 0.6 is 27.5 Å². The Morgan fingerprint density at radius 1 is 0.952 bits per heavy atom. The number of methoxy groups -OCH3 is 1. The minimum absolute atomic E-state index is 0.449. The molecular formula is C16H16BrClO3. The van der Waals surface area contributed by atoms with Crippen LogP contribution in [0.5, 0.6) is 11.5 Å². The molecule has 21 heavy (non-hydrogen) atoms. The highest BCUT2D eigenvalue weighted by atomic mass is 79.9. The van der Waals surface area contributed by atoms with Crippen LogP contribution in [-0.4, -0.2) is 20.3 Å². The molecule has 0 aliphatic heterocycles. The maximum atomic E-state index is 5.98. The topological polar surface area (TPSA) is 27.7 Å². The Morgan fingerprint density at radius 2 is 1.62 bits per heavy atom. The van der Waals surface area contributed by atoms with Gasteiger partial charge in [-0.15, -0.1) is 0 Å². The molecule has 0 aliphatic rings. The lowest BCUT2D eigenvalue weighted by Crippen LogP contribution is -2.04. The zero-order valence-corrected chi connectivity index (χ0v) is 14.0. The van der Waals surface area contributed by atoms with E-state index in [1.54, 1.807) is 7.11 Å². The van der Waals surface area contributed by atoms with Crippen molar-refractivity contribution in [1.29, 1.82) is 0 Å². The van der Waals surface area contributed by atoms with Crippen molar-refractivity contribution in [3.8, 4) is 11.5 Å². The van der Waals surface area contributed by atoms with Crippen LogP contribution in [0, 0.1) is 0 Å². The van der Waals surface area contributed by atoms with Crippen molar-refractivity contribution in [3.63, 3.8) is 0 Å². The third-order valence-electron chi connectivity index (χ3n) is 2.78. The van der Waals surface area contributed by atoms with Crippen molar-refractivity contribution in [2.75, 3.05) is 20.3 Å². The summed E-state index contributed by atoms with van der Waals surface area (Å²) in [6.45, 7) is 1.55. The predicted octanol–water partition coefficient (Wildman–Crippen LogP) is 4.71. The van der Waals surface area contributed by atoms with Crippen LogP contribution in [0.2, 0.25) is 5.02 Å². The van der Waals surface area contributed by atoms with Gasteiger partial charge in [0, 0.05) is 22.2 Å². The summed E-state index contributed by atoms with van der Waals surface area (Å²) >= 11 is 9.46. The number of rotatable bonds is 7. The summed E-state index contributed by atoms with van der Waals surface area (Å²) in [5.74, 6) is 1.57. The van der Waals surface area contributed by atoms with Crippen LogP contribution in [-0.2, 0) is 11.3 Å². The molecule has 2 aromatic rings. The summed E-state index contributed by atoms with van der Waals surface area (Å²) in [5.41, 5.74) is 1.00. The summed E-state index contributed by atoms with van der Waals surface area (Å²) in [7, 11) is 1.65. The second-order valence-electron chi connectivity index (χ2n) is 4.34. The molecule has 0 heterocycles. The lowest BCUT2D eigenvalue weighted by atomic mass is 10.2. The first kappa shape index (κ1) is 16.1. The van der Waals surface area contributed by atoms with Crippen molar-refractivity contribution in [2.45, 2.75) is 6.61 Å². The average Bonchev–Trinajstić information content (AvgIpc) is 2.50. The van der Waals surface area contributed by atoms with Crippen LogP contribution in [0.1, 0.15) is 5.56 Å². The van der Waals surface area contributed by atoms with E-state index in [9.17, 15) is 0 Å². The van der Waals surface area contributed by atoms with E-state index in [4.69, 9.17) is 25.8 Å². The Labute approximate surface area is 137 Å². The van der Waals surface area contributed by atoms with Gasteiger partial charge < -0.3 is 14.2 Å². The lowest BCUT2D eigenvalue weighted by molar-refractivity contribution is 0.146. The highest BCUT2D eigenvalue weighted by molar-refractivity contribution is 9.10. The monoisotopic (exact) mass is 370 g/mol. The van der Waals surface area contributed by atoms with Gasteiger partial charge in [-0.2, -0.15) is 0 Å². The van der Waals surface area contributed by atoms with Gasteiger partial charge in [0.1, 0.15) is 24.7 Å². The predicted molar refractivity (Wildman–Crippen MR) is 87.3 cm³/mol. The fourth-order valence-electron chi connectivity index (χ4n) is 1.69. The molecule has 112 valence electrons. The van der Waals surface area contributed by atoms with Gasteiger partial charge in [-0.05, 0) is 42.5 Å². The summed E-state index contributed by atoms with van der Waals surface area (Å²) in [4.78, 5) is 0. The Balaban J connectivity index is 1.90. The first-order chi connectivity index (χ1) is 10.2. The zero-order valence-electron chi connectivity index (χ0n) is 11.6. The number of hydrogen-bond acceptors (Lipinski definition) is 3.